The first-order chi connectivity index (χ1) is 10.1. The third-order valence-electron chi connectivity index (χ3n) is 4.44. The molecule has 1 fully saturated rings. The van der Waals surface area contributed by atoms with E-state index in [0.29, 0.717) is 0 Å². The molecule has 0 radical (unpaired) electrons. The molecule has 0 spiro atoms. The number of hydrogen-bond donors (Lipinski definition) is 0. The van der Waals surface area contributed by atoms with E-state index in [4.69, 9.17) is 4.74 Å². The fourth-order valence-electron chi connectivity index (χ4n) is 2.75. The Morgan fingerprint density at radius 2 is 1.71 bits per heavy atom. The van der Waals surface area contributed by atoms with Crippen molar-refractivity contribution in [1.29, 1.82) is 0 Å². The van der Waals surface area contributed by atoms with Crippen molar-refractivity contribution >= 4 is 21.6 Å². The molecule has 2 rings (SSSR count). The topological polar surface area (TPSA) is 15.7 Å². The maximum absolute atomic E-state index is 5.22. The molecule has 1 aliphatic heterocycles. The molecule has 4 heteroatoms. The smallest absolute Gasteiger partial charge is 0.119 e. The van der Waals surface area contributed by atoms with Crippen molar-refractivity contribution in [3.8, 4) is 5.75 Å². The number of nitrogens with zero attached hydrogens (tertiary/aromatic N) is 2. The summed E-state index contributed by atoms with van der Waals surface area (Å²) in [6.45, 7) is 10.4. The Kier molecular flexibility index (Phi) is 6.37. The van der Waals surface area contributed by atoms with Crippen LogP contribution in [0.1, 0.15) is 13.8 Å². The molecule has 0 aromatic heterocycles. The van der Waals surface area contributed by atoms with Crippen LogP contribution in [0.15, 0.2) is 24.3 Å². The lowest BCUT2D eigenvalue weighted by Crippen LogP contribution is -2.48. The van der Waals surface area contributed by atoms with E-state index in [9.17, 15) is 0 Å². The van der Waals surface area contributed by atoms with Crippen molar-refractivity contribution in [3.05, 3.63) is 24.3 Å². The highest BCUT2D eigenvalue weighted by Crippen LogP contribution is 2.22. The molecule has 0 saturated carbocycles. The minimum Gasteiger partial charge on any atom is -0.497 e. The first kappa shape index (κ1) is 16.6. The van der Waals surface area contributed by atoms with Gasteiger partial charge in [0.2, 0.25) is 0 Å². The summed E-state index contributed by atoms with van der Waals surface area (Å²) in [5, 5.41) is 1.10. The molecule has 1 aromatic carbocycles. The maximum atomic E-state index is 5.22. The van der Waals surface area contributed by atoms with Crippen LogP contribution in [0, 0.1) is 11.8 Å². The third-order valence-corrected chi connectivity index (χ3v) is 5.28. The van der Waals surface area contributed by atoms with Crippen molar-refractivity contribution in [3.63, 3.8) is 0 Å². The van der Waals surface area contributed by atoms with Crippen LogP contribution in [0.4, 0.5) is 5.69 Å². The summed E-state index contributed by atoms with van der Waals surface area (Å²) in [5.41, 5.74) is 1.30. The third kappa shape index (κ3) is 4.62. The van der Waals surface area contributed by atoms with Crippen LogP contribution in [-0.2, 0) is 0 Å². The van der Waals surface area contributed by atoms with Crippen molar-refractivity contribution in [2.24, 2.45) is 11.8 Å². The molecule has 1 saturated heterocycles. The average Bonchev–Trinajstić information content (AvgIpc) is 2.53. The molecule has 1 unspecified atom stereocenters. The minimum absolute atomic E-state index is 0.740. The Labute approximate surface area is 137 Å². The molecule has 0 aliphatic carbocycles. The number of hydrogen-bond acceptors (Lipinski definition) is 3. The standard InChI is InChI=1S/C17H27BrN2O/c1-14(2)15(12-18)13-19-8-10-20(11-9-19)16-4-6-17(21-3)7-5-16/h4-7,14-15H,8-13H2,1-3H3. The lowest BCUT2D eigenvalue weighted by atomic mass is 9.97. The fraction of sp³-hybridized carbons (Fsp3) is 0.647. The average molecular weight is 355 g/mol. The molecule has 1 aromatic rings. The zero-order valence-corrected chi connectivity index (χ0v) is 15.0. The van der Waals surface area contributed by atoms with Crippen LogP contribution >= 0.6 is 15.9 Å². The molecule has 3 nitrogen and oxygen atoms in total. The molecule has 118 valence electrons. The summed E-state index contributed by atoms with van der Waals surface area (Å²) < 4.78 is 5.22. The largest absolute Gasteiger partial charge is 0.497 e. The van der Waals surface area contributed by atoms with Gasteiger partial charge in [0.25, 0.3) is 0 Å². The molecule has 1 aliphatic rings. The van der Waals surface area contributed by atoms with Gasteiger partial charge in [-0.3, -0.25) is 4.90 Å². The van der Waals surface area contributed by atoms with Crippen LogP contribution in [-0.4, -0.2) is 50.1 Å². The van der Waals surface area contributed by atoms with Crippen LogP contribution in [0.25, 0.3) is 0 Å². The van der Waals surface area contributed by atoms with Gasteiger partial charge in [0.1, 0.15) is 5.75 Å². The Morgan fingerprint density at radius 1 is 1.10 bits per heavy atom. The van der Waals surface area contributed by atoms with E-state index < -0.39 is 0 Å². The first-order valence-electron chi connectivity index (χ1n) is 7.81. The number of piperazine rings is 1. The number of anilines is 1. The van der Waals surface area contributed by atoms with E-state index in [-0.39, 0.29) is 0 Å². The van der Waals surface area contributed by atoms with Crippen molar-refractivity contribution < 1.29 is 4.74 Å². The molecule has 0 amide bonds. The van der Waals surface area contributed by atoms with Gasteiger partial charge in [0.15, 0.2) is 0 Å². The van der Waals surface area contributed by atoms with Gasteiger partial charge in [-0.25, -0.2) is 0 Å². The summed E-state index contributed by atoms with van der Waals surface area (Å²) in [5.74, 6) is 2.41. The normalized spacial score (nSPS) is 18.0. The van der Waals surface area contributed by atoms with E-state index in [1.54, 1.807) is 7.11 Å². The van der Waals surface area contributed by atoms with Crippen LogP contribution in [0.2, 0.25) is 0 Å². The molecule has 0 N–H and O–H groups in total. The van der Waals surface area contributed by atoms with Gasteiger partial charge in [-0.2, -0.15) is 0 Å². The Hall–Kier alpha value is -0.740. The first-order valence-corrected chi connectivity index (χ1v) is 8.93. The maximum Gasteiger partial charge on any atom is 0.119 e. The van der Waals surface area contributed by atoms with E-state index in [0.717, 1.165) is 49.1 Å². The van der Waals surface area contributed by atoms with Gasteiger partial charge < -0.3 is 9.64 Å². The zero-order valence-electron chi connectivity index (χ0n) is 13.4. The van der Waals surface area contributed by atoms with Gasteiger partial charge in [0, 0.05) is 43.7 Å². The Balaban J connectivity index is 1.84. The zero-order chi connectivity index (χ0) is 15.2. The van der Waals surface area contributed by atoms with Gasteiger partial charge in [-0.05, 0) is 36.1 Å². The summed E-state index contributed by atoms with van der Waals surface area (Å²) >= 11 is 3.66. The molecular formula is C17H27BrN2O. The second-order valence-corrected chi connectivity index (χ2v) is 6.79. The number of methoxy groups -OCH3 is 1. The van der Waals surface area contributed by atoms with Crippen LogP contribution in [0.5, 0.6) is 5.75 Å². The highest BCUT2D eigenvalue weighted by Gasteiger charge is 2.21. The van der Waals surface area contributed by atoms with Crippen molar-refractivity contribution in [2.45, 2.75) is 13.8 Å². The quantitative estimate of drug-likeness (QED) is 0.727. The van der Waals surface area contributed by atoms with E-state index in [1.807, 2.05) is 12.1 Å². The van der Waals surface area contributed by atoms with E-state index in [2.05, 4.69) is 51.7 Å². The molecule has 1 atom stereocenters. The van der Waals surface area contributed by atoms with Crippen LogP contribution in [0.3, 0.4) is 0 Å². The lowest BCUT2D eigenvalue weighted by Gasteiger charge is -2.38. The molecular weight excluding hydrogens is 328 g/mol. The van der Waals surface area contributed by atoms with Gasteiger partial charge in [-0.15, -0.1) is 0 Å². The predicted octanol–water partition coefficient (Wildman–Crippen LogP) is 3.48. The summed E-state index contributed by atoms with van der Waals surface area (Å²) in [7, 11) is 1.71. The molecule has 0 bridgehead atoms. The number of alkyl halides is 1. The van der Waals surface area contributed by atoms with Gasteiger partial charge in [0.05, 0.1) is 7.11 Å². The lowest BCUT2D eigenvalue weighted by molar-refractivity contribution is 0.204. The van der Waals surface area contributed by atoms with Crippen LogP contribution < -0.4 is 9.64 Å². The van der Waals surface area contributed by atoms with E-state index >= 15 is 0 Å². The van der Waals surface area contributed by atoms with Gasteiger partial charge >= 0.3 is 0 Å². The highest BCUT2D eigenvalue weighted by atomic mass is 79.9. The van der Waals surface area contributed by atoms with Crippen molar-refractivity contribution in [1.82, 2.24) is 4.90 Å². The fourth-order valence-corrected chi connectivity index (χ4v) is 3.70. The second-order valence-electron chi connectivity index (χ2n) is 6.14. The van der Waals surface area contributed by atoms with E-state index in [1.165, 1.54) is 12.2 Å². The summed E-state index contributed by atoms with van der Waals surface area (Å²) in [6, 6.07) is 8.40. The highest BCUT2D eigenvalue weighted by molar-refractivity contribution is 9.09. The molecule has 21 heavy (non-hydrogen) atoms. The number of ether oxygens (including phenoxy) is 1. The second kappa shape index (κ2) is 8.04. The Morgan fingerprint density at radius 3 is 2.19 bits per heavy atom. The van der Waals surface area contributed by atoms with Crippen molar-refractivity contribution in [2.75, 3.05) is 50.1 Å². The number of halogens is 1. The SMILES string of the molecule is COc1ccc(N2CCN(CC(CBr)C(C)C)CC2)cc1. The summed E-state index contributed by atoms with van der Waals surface area (Å²) in [4.78, 5) is 5.07. The summed E-state index contributed by atoms with van der Waals surface area (Å²) in [6.07, 6.45) is 0. The predicted molar refractivity (Wildman–Crippen MR) is 93.8 cm³/mol. The number of benzene rings is 1. The monoisotopic (exact) mass is 354 g/mol. The minimum atomic E-state index is 0.740. The van der Waals surface area contributed by atoms with Gasteiger partial charge in [-0.1, -0.05) is 29.8 Å². The molecule has 1 heterocycles. The Bertz CT molecular complexity index is 413. The number of rotatable bonds is 6.